The molecule has 0 fully saturated rings. The summed E-state index contributed by atoms with van der Waals surface area (Å²) in [5.74, 6) is 0.0121. The lowest BCUT2D eigenvalue weighted by Crippen LogP contribution is -1.98. The lowest BCUT2D eigenvalue weighted by Gasteiger charge is -2.04. The van der Waals surface area contributed by atoms with Crippen molar-refractivity contribution in [2.75, 3.05) is 0 Å². The van der Waals surface area contributed by atoms with Crippen molar-refractivity contribution in [3.05, 3.63) is 41.0 Å². The summed E-state index contributed by atoms with van der Waals surface area (Å²) >= 11 is 5.83. The number of rotatable bonds is 2. The highest BCUT2D eigenvalue weighted by molar-refractivity contribution is 6.30. The third kappa shape index (κ3) is 1.86. The van der Waals surface area contributed by atoms with Gasteiger partial charge >= 0.3 is 0 Å². The Morgan fingerprint density at radius 2 is 1.94 bits per heavy atom. The largest absolute Gasteiger partial charge is 0.294 e. The molecule has 16 heavy (non-hydrogen) atoms. The third-order valence-corrected chi connectivity index (χ3v) is 2.69. The number of carbonyl (C=O) groups excluding carboxylic acids is 1. The Kier molecular flexibility index (Phi) is 2.79. The standard InChI is InChI=1S/C12H11ClN2O/c1-8(16)11-7-14-15(2)12(11)9-3-5-10(13)6-4-9/h3-7H,1-2H3. The van der Waals surface area contributed by atoms with Crippen LogP contribution in [0.4, 0.5) is 0 Å². The second-order valence-corrected chi connectivity index (χ2v) is 4.03. The van der Waals surface area contributed by atoms with E-state index in [1.165, 1.54) is 6.92 Å². The van der Waals surface area contributed by atoms with Gasteiger partial charge in [0, 0.05) is 17.6 Å². The monoisotopic (exact) mass is 234 g/mol. The first-order valence-electron chi connectivity index (χ1n) is 4.88. The summed E-state index contributed by atoms with van der Waals surface area (Å²) in [6, 6.07) is 7.36. The highest BCUT2D eigenvalue weighted by Gasteiger charge is 2.13. The number of aryl methyl sites for hydroxylation is 1. The summed E-state index contributed by atoms with van der Waals surface area (Å²) in [5.41, 5.74) is 2.39. The van der Waals surface area contributed by atoms with E-state index in [2.05, 4.69) is 5.10 Å². The predicted octanol–water partition coefficient (Wildman–Crippen LogP) is 2.94. The minimum absolute atomic E-state index is 0.0121. The van der Waals surface area contributed by atoms with Gasteiger partial charge in [0.05, 0.1) is 17.5 Å². The molecule has 0 aliphatic heterocycles. The number of benzene rings is 1. The average Bonchev–Trinajstić information content (AvgIpc) is 2.62. The number of nitrogens with zero attached hydrogens (tertiary/aromatic N) is 2. The average molecular weight is 235 g/mol. The van der Waals surface area contributed by atoms with Crippen molar-refractivity contribution >= 4 is 17.4 Å². The van der Waals surface area contributed by atoms with Crippen LogP contribution in [0.15, 0.2) is 30.5 Å². The van der Waals surface area contributed by atoms with Crippen LogP contribution in [0.5, 0.6) is 0 Å². The van der Waals surface area contributed by atoms with Gasteiger partial charge in [0.1, 0.15) is 0 Å². The zero-order valence-corrected chi connectivity index (χ0v) is 9.82. The van der Waals surface area contributed by atoms with Crippen molar-refractivity contribution in [1.82, 2.24) is 9.78 Å². The Hall–Kier alpha value is -1.61. The van der Waals surface area contributed by atoms with Gasteiger partial charge < -0.3 is 0 Å². The molecular weight excluding hydrogens is 224 g/mol. The van der Waals surface area contributed by atoms with E-state index in [0.717, 1.165) is 11.3 Å². The second-order valence-electron chi connectivity index (χ2n) is 3.59. The molecule has 0 bridgehead atoms. The van der Waals surface area contributed by atoms with Crippen LogP contribution in [0.25, 0.3) is 11.3 Å². The molecule has 0 saturated carbocycles. The summed E-state index contributed by atoms with van der Waals surface area (Å²) in [4.78, 5) is 11.4. The first-order valence-corrected chi connectivity index (χ1v) is 5.26. The molecule has 0 atom stereocenters. The minimum atomic E-state index is 0.0121. The van der Waals surface area contributed by atoms with Crippen molar-refractivity contribution < 1.29 is 4.79 Å². The van der Waals surface area contributed by atoms with Crippen LogP contribution in [-0.2, 0) is 7.05 Å². The van der Waals surface area contributed by atoms with E-state index in [1.54, 1.807) is 23.0 Å². The molecule has 1 aromatic carbocycles. The molecule has 1 heterocycles. The fraction of sp³-hybridized carbons (Fsp3) is 0.167. The molecule has 2 aromatic rings. The van der Waals surface area contributed by atoms with Gasteiger partial charge in [-0.25, -0.2) is 0 Å². The van der Waals surface area contributed by atoms with E-state index < -0.39 is 0 Å². The van der Waals surface area contributed by atoms with Gasteiger partial charge in [-0.2, -0.15) is 5.10 Å². The van der Waals surface area contributed by atoms with Crippen LogP contribution < -0.4 is 0 Å². The molecule has 0 unspecified atom stereocenters. The molecule has 0 radical (unpaired) electrons. The number of carbonyl (C=O) groups is 1. The first-order chi connectivity index (χ1) is 7.59. The summed E-state index contributed by atoms with van der Waals surface area (Å²) in [6.45, 7) is 1.54. The molecule has 3 nitrogen and oxygen atoms in total. The van der Waals surface area contributed by atoms with Crippen LogP contribution in [0.1, 0.15) is 17.3 Å². The molecule has 0 spiro atoms. The fourth-order valence-corrected chi connectivity index (χ4v) is 1.77. The van der Waals surface area contributed by atoms with Gasteiger partial charge in [0.25, 0.3) is 0 Å². The molecule has 4 heteroatoms. The summed E-state index contributed by atoms with van der Waals surface area (Å²) in [5, 5.41) is 4.78. The zero-order chi connectivity index (χ0) is 11.7. The van der Waals surface area contributed by atoms with E-state index in [4.69, 9.17) is 11.6 Å². The zero-order valence-electron chi connectivity index (χ0n) is 9.07. The maximum absolute atomic E-state index is 11.4. The molecule has 0 aliphatic rings. The van der Waals surface area contributed by atoms with Crippen molar-refractivity contribution in [2.24, 2.45) is 7.05 Å². The summed E-state index contributed by atoms with van der Waals surface area (Å²) in [6.07, 6.45) is 1.59. The van der Waals surface area contributed by atoms with E-state index >= 15 is 0 Å². The quantitative estimate of drug-likeness (QED) is 0.749. The summed E-state index contributed by atoms with van der Waals surface area (Å²) in [7, 11) is 1.82. The molecule has 0 amide bonds. The molecule has 82 valence electrons. The number of aromatic nitrogens is 2. The Bertz CT molecular complexity index is 528. The van der Waals surface area contributed by atoms with E-state index in [1.807, 2.05) is 19.2 Å². The first kappa shape index (κ1) is 10.9. The van der Waals surface area contributed by atoms with Crippen LogP contribution in [0, 0.1) is 0 Å². The van der Waals surface area contributed by atoms with Crippen molar-refractivity contribution in [3.63, 3.8) is 0 Å². The Morgan fingerprint density at radius 1 is 1.31 bits per heavy atom. The highest BCUT2D eigenvalue weighted by atomic mass is 35.5. The Morgan fingerprint density at radius 3 is 2.50 bits per heavy atom. The molecule has 0 aliphatic carbocycles. The third-order valence-electron chi connectivity index (χ3n) is 2.44. The molecule has 1 aromatic heterocycles. The van der Waals surface area contributed by atoms with Gasteiger partial charge in [0.15, 0.2) is 5.78 Å². The predicted molar refractivity (Wildman–Crippen MR) is 63.7 cm³/mol. The van der Waals surface area contributed by atoms with Crippen LogP contribution >= 0.6 is 11.6 Å². The minimum Gasteiger partial charge on any atom is -0.294 e. The number of Topliss-reactive ketones (excluding diaryl/α,β-unsaturated/α-hetero) is 1. The maximum atomic E-state index is 11.4. The normalized spacial score (nSPS) is 10.4. The smallest absolute Gasteiger partial charge is 0.163 e. The van der Waals surface area contributed by atoms with Gasteiger partial charge in [0.2, 0.25) is 0 Å². The molecule has 2 rings (SSSR count). The van der Waals surface area contributed by atoms with Crippen molar-refractivity contribution in [1.29, 1.82) is 0 Å². The SMILES string of the molecule is CC(=O)c1cnn(C)c1-c1ccc(Cl)cc1. The number of ketones is 1. The molecular formula is C12H11ClN2O. The fourth-order valence-electron chi connectivity index (χ4n) is 1.65. The number of halogens is 1. The Labute approximate surface area is 98.7 Å². The lowest BCUT2D eigenvalue weighted by molar-refractivity contribution is 0.101. The van der Waals surface area contributed by atoms with Crippen LogP contribution in [0.3, 0.4) is 0 Å². The van der Waals surface area contributed by atoms with E-state index in [9.17, 15) is 4.79 Å². The Balaban J connectivity index is 2.58. The highest BCUT2D eigenvalue weighted by Crippen LogP contribution is 2.24. The van der Waals surface area contributed by atoms with Crippen LogP contribution in [0.2, 0.25) is 5.02 Å². The van der Waals surface area contributed by atoms with Gasteiger partial charge in [-0.05, 0) is 19.1 Å². The van der Waals surface area contributed by atoms with Crippen LogP contribution in [-0.4, -0.2) is 15.6 Å². The van der Waals surface area contributed by atoms with Crippen molar-refractivity contribution in [2.45, 2.75) is 6.92 Å². The van der Waals surface area contributed by atoms with Gasteiger partial charge in [-0.1, -0.05) is 23.7 Å². The van der Waals surface area contributed by atoms with Gasteiger partial charge in [-0.3, -0.25) is 9.48 Å². The summed E-state index contributed by atoms with van der Waals surface area (Å²) < 4.78 is 1.69. The number of hydrogen-bond acceptors (Lipinski definition) is 2. The molecule has 0 N–H and O–H groups in total. The second kappa shape index (κ2) is 4.10. The van der Waals surface area contributed by atoms with Gasteiger partial charge in [-0.15, -0.1) is 0 Å². The van der Waals surface area contributed by atoms with Crippen molar-refractivity contribution in [3.8, 4) is 11.3 Å². The number of hydrogen-bond donors (Lipinski definition) is 0. The molecule has 0 saturated heterocycles. The topological polar surface area (TPSA) is 34.9 Å². The van der Waals surface area contributed by atoms with E-state index in [0.29, 0.717) is 10.6 Å². The lowest BCUT2D eigenvalue weighted by atomic mass is 10.1. The van der Waals surface area contributed by atoms with E-state index in [-0.39, 0.29) is 5.78 Å². The maximum Gasteiger partial charge on any atom is 0.163 e.